The fourth-order valence-corrected chi connectivity index (χ4v) is 3.77. The van der Waals surface area contributed by atoms with Crippen LogP contribution in [0.2, 0.25) is 0 Å². The topological polar surface area (TPSA) is 132 Å². The zero-order valence-corrected chi connectivity index (χ0v) is 18.5. The van der Waals surface area contributed by atoms with Crippen LogP contribution in [-0.2, 0) is 19.6 Å². The van der Waals surface area contributed by atoms with Crippen molar-refractivity contribution in [1.82, 2.24) is 0 Å². The first kappa shape index (κ1) is 22.2. The number of anilines is 1. The number of hydrogen-bond acceptors (Lipinski definition) is 7. The SMILES string of the molecule is COC(=O)c1ccc(N2N=C(C)/C(=C\c3ccc(-c4ccc(S(N)(=O)=O)cc4)o3)C2=O)cc1. The maximum atomic E-state index is 12.9. The third kappa shape index (κ3) is 4.47. The van der Waals surface area contributed by atoms with Crippen molar-refractivity contribution in [2.45, 2.75) is 11.8 Å². The van der Waals surface area contributed by atoms with Crippen LogP contribution in [0.1, 0.15) is 23.0 Å². The van der Waals surface area contributed by atoms with E-state index in [9.17, 15) is 18.0 Å². The molecule has 168 valence electrons. The summed E-state index contributed by atoms with van der Waals surface area (Å²) in [6.07, 6.45) is 1.59. The van der Waals surface area contributed by atoms with Gasteiger partial charge in [-0.25, -0.2) is 18.4 Å². The van der Waals surface area contributed by atoms with E-state index in [1.54, 1.807) is 61.5 Å². The van der Waals surface area contributed by atoms with E-state index < -0.39 is 16.0 Å². The number of methoxy groups -OCH3 is 1. The molecule has 2 aromatic carbocycles. The number of furan rings is 1. The number of primary sulfonamides is 1. The smallest absolute Gasteiger partial charge is 0.337 e. The molecule has 2 N–H and O–H groups in total. The molecule has 0 aliphatic carbocycles. The van der Waals surface area contributed by atoms with Gasteiger partial charge in [0.05, 0.1) is 34.5 Å². The van der Waals surface area contributed by atoms with Crippen molar-refractivity contribution in [2.75, 3.05) is 12.1 Å². The van der Waals surface area contributed by atoms with Crippen LogP contribution in [0.25, 0.3) is 17.4 Å². The summed E-state index contributed by atoms with van der Waals surface area (Å²) in [6.45, 7) is 1.71. The van der Waals surface area contributed by atoms with Gasteiger partial charge in [-0.05, 0) is 73.7 Å². The lowest BCUT2D eigenvalue weighted by atomic mass is 10.1. The fraction of sp³-hybridized carbons (Fsp3) is 0.0870. The lowest BCUT2D eigenvalue weighted by Crippen LogP contribution is -2.21. The highest BCUT2D eigenvalue weighted by atomic mass is 32.2. The average Bonchev–Trinajstić information content (AvgIpc) is 3.38. The number of nitrogens with two attached hydrogens (primary N) is 1. The third-order valence-corrected chi connectivity index (χ3v) is 5.91. The Balaban J connectivity index is 1.56. The molecule has 1 aliphatic heterocycles. The average molecular weight is 465 g/mol. The first-order valence-electron chi connectivity index (χ1n) is 9.70. The van der Waals surface area contributed by atoms with E-state index in [4.69, 9.17) is 9.56 Å². The molecule has 1 aliphatic rings. The van der Waals surface area contributed by atoms with Crippen molar-refractivity contribution in [1.29, 1.82) is 0 Å². The van der Waals surface area contributed by atoms with Crippen LogP contribution < -0.4 is 10.1 Å². The van der Waals surface area contributed by atoms with Gasteiger partial charge >= 0.3 is 5.97 Å². The second-order valence-corrected chi connectivity index (χ2v) is 8.73. The summed E-state index contributed by atoms with van der Waals surface area (Å²) in [5, 5.41) is 10.7. The second kappa shape index (κ2) is 8.49. The summed E-state index contributed by atoms with van der Waals surface area (Å²) in [5.41, 5.74) is 2.39. The number of benzene rings is 2. The summed E-state index contributed by atoms with van der Waals surface area (Å²) in [6, 6.07) is 15.7. The van der Waals surface area contributed by atoms with Gasteiger partial charge < -0.3 is 9.15 Å². The van der Waals surface area contributed by atoms with Crippen LogP contribution >= 0.6 is 0 Å². The minimum atomic E-state index is -3.78. The van der Waals surface area contributed by atoms with Crippen molar-refractivity contribution in [3.05, 3.63) is 77.6 Å². The van der Waals surface area contributed by atoms with Crippen molar-refractivity contribution in [2.24, 2.45) is 10.2 Å². The minimum Gasteiger partial charge on any atom is -0.465 e. The monoisotopic (exact) mass is 465 g/mol. The molecule has 10 heteroatoms. The molecule has 3 aromatic rings. The van der Waals surface area contributed by atoms with Crippen molar-refractivity contribution in [3.8, 4) is 11.3 Å². The lowest BCUT2D eigenvalue weighted by molar-refractivity contribution is -0.114. The molecule has 9 nitrogen and oxygen atoms in total. The number of sulfonamides is 1. The number of carbonyl (C=O) groups excluding carboxylic acids is 2. The first-order valence-corrected chi connectivity index (χ1v) is 11.2. The highest BCUT2D eigenvalue weighted by molar-refractivity contribution is 7.89. The van der Waals surface area contributed by atoms with Crippen LogP contribution in [0.3, 0.4) is 0 Å². The molecule has 0 saturated heterocycles. The fourth-order valence-electron chi connectivity index (χ4n) is 3.25. The largest absolute Gasteiger partial charge is 0.465 e. The van der Waals surface area contributed by atoms with E-state index in [0.29, 0.717) is 39.6 Å². The molecule has 0 atom stereocenters. The van der Waals surface area contributed by atoms with Gasteiger partial charge in [0.15, 0.2) is 0 Å². The number of hydrazone groups is 1. The van der Waals surface area contributed by atoms with E-state index in [1.807, 2.05) is 0 Å². The number of esters is 1. The summed E-state index contributed by atoms with van der Waals surface area (Å²) in [4.78, 5) is 24.5. The van der Waals surface area contributed by atoms with Crippen molar-refractivity contribution < 1.29 is 27.2 Å². The molecule has 0 spiro atoms. The van der Waals surface area contributed by atoms with Gasteiger partial charge in [-0.3, -0.25) is 4.79 Å². The summed E-state index contributed by atoms with van der Waals surface area (Å²) >= 11 is 0. The Morgan fingerprint density at radius 2 is 1.73 bits per heavy atom. The zero-order chi connectivity index (χ0) is 23.8. The highest BCUT2D eigenvalue weighted by Crippen LogP contribution is 2.28. The summed E-state index contributed by atoms with van der Waals surface area (Å²) < 4.78 is 33.3. The van der Waals surface area contributed by atoms with Crippen LogP contribution in [0, 0.1) is 0 Å². The van der Waals surface area contributed by atoms with Crippen molar-refractivity contribution >= 4 is 39.4 Å². The summed E-state index contributed by atoms with van der Waals surface area (Å²) in [5.74, 6) is 0.121. The molecule has 4 rings (SSSR count). The van der Waals surface area contributed by atoms with Crippen LogP contribution in [-0.4, -0.2) is 33.1 Å². The molecule has 0 bridgehead atoms. The standard InChI is InChI=1S/C23H19N3O6S/c1-14-20(22(27)26(25-14)17-7-3-16(4-8-17)23(28)31-2)13-18-9-12-21(32-18)15-5-10-19(11-6-15)33(24,29)30/h3-13H,1-2H3,(H2,24,29,30)/b20-13+. The second-order valence-electron chi connectivity index (χ2n) is 7.17. The van der Waals surface area contributed by atoms with Gasteiger partial charge in [0.1, 0.15) is 11.5 Å². The van der Waals surface area contributed by atoms with Crippen molar-refractivity contribution in [3.63, 3.8) is 0 Å². The highest BCUT2D eigenvalue weighted by Gasteiger charge is 2.29. The van der Waals surface area contributed by atoms with E-state index >= 15 is 0 Å². The number of rotatable bonds is 5. The van der Waals surface area contributed by atoms with Gasteiger partial charge in [-0.1, -0.05) is 0 Å². The predicted molar refractivity (Wildman–Crippen MR) is 122 cm³/mol. The van der Waals surface area contributed by atoms with Gasteiger partial charge in [0.25, 0.3) is 5.91 Å². The molecule has 2 heterocycles. The molecule has 1 amide bonds. The van der Waals surface area contributed by atoms with Gasteiger partial charge in [-0.15, -0.1) is 0 Å². The van der Waals surface area contributed by atoms with Crippen LogP contribution in [0.15, 0.2) is 80.7 Å². The van der Waals surface area contributed by atoms with E-state index in [-0.39, 0.29) is 10.8 Å². The Bertz CT molecular complexity index is 1400. The number of ether oxygens (including phenoxy) is 1. The zero-order valence-electron chi connectivity index (χ0n) is 17.7. The molecule has 0 fully saturated rings. The number of carbonyl (C=O) groups is 2. The molecule has 1 aromatic heterocycles. The Hall–Kier alpha value is -4.02. The van der Waals surface area contributed by atoms with E-state index in [0.717, 1.165) is 0 Å². The molecule has 0 radical (unpaired) electrons. The Labute approximate surface area is 189 Å². The van der Waals surface area contributed by atoms with E-state index in [2.05, 4.69) is 9.84 Å². The van der Waals surface area contributed by atoms with Crippen LogP contribution in [0.5, 0.6) is 0 Å². The predicted octanol–water partition coefficient (Wildman–Crippen LogP) is 3.19. The number of nitrogens with zero attached hydrogens (tertiary/aromatic N) is 2. The Morgan fingerprint density at radius 3 is 2.33 bits per heavy atom. The van der Waals surface area contributed by atoms with Crippen LogP contribution in [0.4, 0.5) is 5.69 Å². The molecular weight excluding hydrogens is 446 g/mol. The molecule has 33 heavy (non-hydrogen) atoms. The third-order valence-electron chi connectivity index (χ3n) is 4.98. The lowest BCUT2D eigenvalue weighted by Gasteiger charge is -2.12. The molecule has 0 saturated carbocycles. The first-order chi connectivity index (χ1) is 15.7. The maximum Gasteiger partial charge on any atom is 0.337 e. The Morgan fingerprint density at radius 1 is 1.06 bits per heavy atom. The van der Waals surface area contributed by atoms with Gasteiger partial charge in [-0.2, -0.15) is 10.1 Å². The molecular formula is C23H19N3O6S. The minimum absolute atomic E-state index is 0.00301. The normalized spacial score (nSPS) is 15.1. The molecule has 0 unspecified atom stereocenters. The quantitative estimate of drug-likeness (QED) is 0.455. The Kier molecular flexibility index (Phi) is 5.71. The number of amides is 1. The van der Waals surface area contributed by atoms with E-state index in [1.165, 1.54) is 24.3 Å². The summed E-state index contributed by atoms with van der Waals surface area (Å²) in [7, 11) is -2.48. The van der Waals surface area contributed by atoms with Gasteiger partial charge in [0.2, 0.25) is 10.0 Å². The number of hydrogen-bond donors (Lipinski definition) is 1. The maximum absolute atomic E-state index is 12.9. The van der Waals surface area contributed by atoms with Gasteiger partial charge in [0, 0.05) is 5.56 Å².